The molecule has 1 aromatic heterocycles. The van der Waals surface area contributed by atoms with Crippen LogP contribution < -0.4 is 5.50 Å². The molecule has 1 aromatic carbocycles. The summed E-state index contributed by atoms with van der Waals surface area (Å²) >= 11 is 0. The maximum atomic E-state index is 5.82. The molecular weight excluding hydrogens is 141 g/mol. The molecule has 2 heteroatoms. The Kier molecular flexibility index (Phi) is 1.26. The number of fused-ring (bicyclic) bond motifs is 1. The summed E-state index contributed by atoms with van der Waals surface area (Å²) in [6.45, 7) is 0. The van der Waals surface area contributed by atoms with Gasteiger partial charge in [0.2, 0.25) is 0 Å². The summed E-state index contributed by atoms with van der Waals surface area (Å²) in [5.74, 6) is 2.08. The van der Waals surface area contributed by atoms with Crippen LogP contribution in [0.5, 0.6) is 0 Å². The molecule has 10 heavy (non-hydrogen) atoms. The van der Waals surface area contributed by atoms with Crippen LogP contribution in [0.4, 0.5) is 0 Å². The first-order valence-corrected chi connectivity index (χ1v) is 4.67. The lowest BCUT2D eigenvalue weighted by Crippen LogP contribution is -1.69. The first-order valence-electron chi connectivity index (χ1n) is 3.19. The number of nitrogen functional groups attached to an aromatic ring is 1. The van der Waals surface area contributed by atoms with Crippen LogP contribution in [0.25, 0.3) is 10.5 Å². The number of nitrogens with two attached hydrogens (primary N) is 1. The first-order chi connectivity index (χ1) is 4.88. The molecule has 0 aliphatic rings. The summed E-state index contributed by atoms with van der Waals surface area (Å²) in [5, 5.41) is 2.59. The van der Waals surface area contributed by atoms with E-state index in [9.17, 15) is 0 Å². The van der Waals surface area contributed by atoms with Gasteiger partial charge < -0.3 is 0 Å². The minimum absolute atomic E-state index is 0.461. The summed E-state index contributed by atoms with van der Waals surface area (Å²) in [5.41, 5.74) is 5.82. The maximum absolute atomic E-state index is 5.82. The van der Waals surface area contributed by atoms with Crippen LogP contribution >= 0.6 is 7.68 Å². The summed E-state index contributed by atoms with van der Waals surface area (Å²) in [6, 6.07) is 10.4. The number of rotatable bonds is 0. The van der Waals surface area contributed by atoms with Crippen molar-refractivity contribution in [3.8, 4) is 0 Å². The van der Waals surface area contributed by atoms with Crippen molar-refractivity contribution in [3.05, 3.63) is 36.1 Å². The van der Waals surface area contributed by atoms with E-state index in [1.807, 2.05) is 12.1 Å². The van der Waals surface area contributed by atoms with Gasteiger partial charge >= 0.3 is 0 Å². The fourth-order valence-electron chi connectivity index (χ4n) is 1.10. The molecule has 0 radical (unpaired) electrons. The Labute approximate surface area is 60.6 Å². The Morgan fingerprint density at radius 2 is 1.90 bits per heavy atom. The molecule has 0 saturated heterocycles. The highest BCUT2D eigenvalue weighted by Crippen LogP contribution is 2.31. The second kappa shape index (κ2) is 2.12. The van der Waals surface area contributed by atoms with E-state index in [0.717, 1.165) is 0 Å². The largest absolute Gasteiger partial charge is 0.288 e. The van der Waals surface area contributed by atoms with Gasteiger partial charge in [-0.1, -0.05) is 25.9 Å². The van der Waals surface area contributed by atoms with Gasteiger partial charge in [-0.25, -0.2) is 0 Å². The van der Waals surface area contributed by atoms with Crippen molar-refractivity contribution in [2.45, 2.75) is 0 Å². The minimum Gasteiger partial charge on any atom is -0.288 e. The Hall–Kier alpha value is -0.780. The van der Waals surface area contributed by atoms with Crippen molar-refractivity contribution in [1.29, 1.82) is 0 Å². The van der Waals surface area contributed by atoms with Gasteiger partial charge in [0, 0.05) is 5.12 Å². The van der Waals surface area contributed by atoms with Gasteiger partial charge in [-0.3, -0.25) is 5.50 Å². The molecule has 0 saturated carbocycles. The van der Waals surface area contributed by atoms with Crippen LogP contribution in [0.15, 0.2) is 36.1 Å². The third kappa shape index (κ3) is 0.756. The highest BCUT2D eigenvalue weighted by Gasteiger charge is 1.94. The van der Waals surface area contributed by atoms with Crippen molar-refractivity contribution < 1.29 is 0 Å². The zero-order valence-corrected chi connectivity index (χ0v) is 6.38. The molecule has 50 valence electrons. The molecule has 0 bridgehead atoms. The standard InChI is InChI=1S/C8H8NP/c9-10-6-5-7-3-1-2-4-8(7)10/h1-6H,9H2. The van der Waals surface area contributed by atoms with E-state index in [4.69, 9.17) is 5.50 Å². The summed E-state index contributed by atoms with van der Waals surface area (Å²) in [4.78, 5) is 0. The monoisotopic (exact) mass is 149 g/mol. The van der Waals surface area contributed by atoms with Gasteiger partial charge in [0.15, 0.2) is 0 Å². The first kappa shape index (κ1) is 5.96. The molecule has 1 unspecified atom stereocenters. The zero-order chi connectivity index (χ0) is 6.97. The Morgan fingerprint density at radius 1 is 1.10 bits per heavy atom. The third-order valence-electron chi connectivity index (χ3n) is 1.63. The van der Waals surface area contributed by atoms with Crippen molar-refractivity contribution >= 4 is 18.2 Å². The lowest BCUT2D eigenvalue weighted by Gasteiger charge is -1.88. The number of hydrogen-bond donors (Lipinski definition) is 1. The van der Waals surface area contributed by atoms with E-state index >= 15 is 0 Å². The van der Waals surface area contributed by atoms with Crippen LogP contribution in [-0.4, -0.2) is 0 Å². The predicted octanol–water partition coefficient (Wildman–Crippen LogP) is 2.54. The van der Waals surface area contributed by atoms with Gasteiger partial charge in [0.1, 0.15) is 0 Å². The van der Waals surface area contributed by atoms with E-state index in [2.05, 4.69) is 24.0 Å². The smallest absolute Gasteiger partial charge is 0.0150 e. The molecule has 2 rings (SSSR count). The highest BCUT2D eigenvalue weighted by atomic mass is 31.1. The average molecular weight is 149 g/mol. The van der Waals surface area contributed by atoms with Crippen LogP contribution in [0.2, 0.25) is 0 Å². The van der Waals surface area contributed by atoms with Gasteiger partial charge in [-0.05, 0) is 23.3 Å². The molecule has 0 spiro atoms. The minimum atomic E-state index is -0.461. The Morgan fingerprint density at radius 3 is 2.70 bits per heavy atom. The summed E-state index contributed by atoms with van der Waals surface area (Å²) in [7, 11) is -0.461. The SMILES string of the molecule is Np1ccc2ccccc21. The van der Waals surface area contributed by atoms with E-state index in [0.29, 0.717) is 0 Å². The molecular formula is C8H8NP. The van der Waals surface area contributed by atoms with Gasteiger partial charge in [0.25, 0.3) is 0 Å². The summed E-state index contributed by atoms with van der Waals surface area (Å²) < 4.78 is 0. The van der Waals surface area contributed by atoms with Gasteiger partial charge in [-0.15, -0.1) is 0 Å². The molecule has 0 aliphatic heterocycles. The van der Waals surface area contributed by atoms with Crippen LogP contribution in [0, 0.1) is 0 Å². The third-order valence-corrected chi connectivity index (χ3v) is 3.06. The second-order valence-corrected chi connectivity index (χ2v) is 3.88. The lowest BCUT2D eigenvalue weighted by atomic mass is 10.3. The Balaban J connectivity index is 2.93. The molecule has 2 aromatic rings. The normalized spacial score (nSPS) is 12.3. The van der Waals surface area contributed by atoms with E-state index < -0.39 is 7.68 Å². The second-order valence-electron chi connectivity index (χ2n) is 2.28. The molecule has 1 heterocycles. The van der Waals surface area contributed by atoms with E-state index in [1.165, 1.54) is 10.5 Å². The van der Waals surface area contributed by atoms with Crippen molar-refractivity contribution in [3.63, 3.8) is 0 Å². The van der Waals surface area contributed by atoms with Crippen LogP contribution in [-0.2, 0) is 0 Å². The fraction of sp³-hybridized carbons (Fsp3) is 0. The average Bonchev–Trinajstić information content (AvgIpc) is 2.34. The van der Waals surface area contributed by atoms with E-state index in [-0.39, 0.29) is 0 Å². The predicted molar refractivity (Wildman–Crippen MR) is 46.8 cm³/mol. The van der Waals surface area contributed by atoms with Crippen LogP contribution in [0.1, 0.15) is 0 Å². The summed E-state index contributed by atoms with van der Waals surface area (Å²) in [6.07, 6.45) is 0. The van der Waals surface area contributed by atoms with E-state index in [1.54, 1.807) is 0 Å². The molecule has 0 aliphatic carbocycles. The van der Waals surface area contributed by atoms with Crippen molar-refractivity contribution in [2.75, 3.05) is 5.50 Å². The molecule has 0 amide bonds. The van der Waals surface area contributed by atoms with Crippen LogP contribution in [0.3, 0.4) is 0 Å². The zero-order valence-electron chi connectivity index (χ0n) is 5.49. The van der Waals surface area contributed by atoms with Gasteiger partial charge in [-0.2, -0.15) is 0 Å². The highest BCUT2D eigenvalue weighted by molar-refractivity contribution is 7.54. The molecule has 2 N–H and O–H groups in total. The quantitative estimate of drug-likeness (QED) is 0.612. The maximum Gasteiger partial charge on any atom is 0.0150 e. The number of hydrogen-bond acceptors (Lipinski definition) is 1. The Bertz CT molecular complexity index is 351. The molecule has 0 fully saturated rings. The van der Waals surface area contributed by atoms with Crippen molar-refractivity contribution in [2.24, 2.45) is 0 Å². The fourth-order valence-corrected chi connectivity index (χ4v) is 2.29. The number of benzene rings is 1. The molecule has 1 nitrogen and oxygen atoms in total. The lowest BCUT2D eigenvalue weighted by molar-refractivity contribution is 1.86. The molecule has 1 atom stereocenters. The van der Waals surface area contributed by atoms with Gasteiger partial charge in [0.05, 0.1) is 0 Å². The van der Waals surface area contributed by atoms with Crippen molar-refractivity contribution in [1.82, 2.24) is 0 Å². The topological polar surface area (TPSA) is 26.0 Å².